The number of aromatic nitrogens is 2. The van der Waals surface area contributed by atoms with E-state index in [0.717, 1.165) is 17.0 Å². The third kappa shape index (κ3) is 3.63. The Morgan fingerprint density at radius 2 is 1.95 bits per heavy atom. The van der Waals surface area contributed by atoms with Crippen molar-refractivity contribution in [2.75, 3.05) is 5.32 Å². The second kappa shape index (κ2) is 6.13. The fraction of sp³-hybridized carbons (Fsp3) is 0.400. The van der Waals surface area contributed by atoms with E-state index in [-0.39, 0.29) is 5.91 Å². The number of nitrogens with zero attached hydrogens (tertiary/aromatic N) is 2. The van der Waals surface area contributed by atoms with Crippen molar-refractivity contribution in [3.8, 4) is 0 Å². The highest BCUT2D eigenvalue weighted by Gasteiger charge is 2.28. The van der Waals surface area contributed by atoms with Crippen molar-refractivity contribution in [3.05, 3.63) is 40.9 Å². The topological polar surface area (TPSA) is 54.9 Å². The minimum Gasteiger partial charge on any atom is -0.300 e. The Morgan fingerprint density at radius 3 is 2.55 bits per heavy atom. The van der Waals surface area contributed by atoms with Crippen molar-refractivity contribution < 1.29 is 4.79 Å². The van der Waals surface area contributed by atoms with E-state index in [1.54, 1.807) is 0 Å². The number of rotatable bonds is 5. The molecule has 0 fully saturated rings. The van der Waals surface area contributed by atoms with Crippen LogP contribution in [-0.2, 0) is 17.6 Å². The minimum atomic E-state index is -0.487. The summed E-state index contributed by atoms with van der Waals surface area (Å²) in [6, 6.07) is 10.0. The molecule has 2 aromatic rings. The summed E-state index contributed by atoms with van der Waals surface area (Å²) < 4.78 is 0. The van der Waals surface area contributed by atoms with Crippen LogP contribution in [0.5, 0.6) is 0 Å². The molecule has 0 atom stereocenters. The molecule has 0 saturated carbocycles. The van der Waals surface area contributed by atoms with Crippen LogP contribution in [0.15, 0.2) is 30.3 Å². The maximum absolute atomic E-state index is 12.4. The van der Waals surface area contributed by atoms with Crippen molar-refractivity contribution in [2.24, 2.45) is 5.41 Å². The Bertz CT molecular complexity index is 578. The SMILES string of the molecule is CCc1nnc(NC(=O)C(C)(C)Cc2ccccc2)s1. The molecule has 5 heteroatoms. The number of anilines is 1. The predicted molar refractivity (Wildman–Crippen MR) is 81.8 cm³/mol. The molecular weight excluding hydrogens is 270 g/mol. The molecule has 0 aliphatic heterocycles. The van der Waals surface area contributed by atoms with Gasteiger partial charge in [-0.05, 0) is 18.4 Å². The lowest BCUT2D eigenvalue weighted by atomic mass is 9.85. The zero-order valence-corrected chi connectivity index (χ0v) is 12.8. The molecule has 0 radical (unpaired) electrons. The van der Waals surface area contributed by atoms with Gasteiger partial charge in [-0.15, -0.1) is 10.2 Å². The Balaban J connectivity index is 2.03. The molecule has 4 nitrogen and oxygen atoms in total. The summed E-state index contributed by atoms with van der Waals surface area (Å²) in [5.74, 6) is -0.0276. The molecule has 1 amide bonds. The molecule has 20 heavy (non-hydrogen) atoms. The van der Waals surface area contributed by atoms with Crippen molar-refractivity contribution in [3.63, 3.8) is 0 Å². The highest BCUT2D eigenvalue weighted by molar-refractivity contribution is 7.15. The fourth-order valence-electron chi connectivity index (χ4n) is 1.90. The highest BCUT2D eigenvalue weighted by atomic mass is 32.1. The molecular formula is C15H19N3OS. The second-order valence-corrected chi connectivity index (χ2v) is 6.42. The second-order valence-electron chi connectivity index (χ2n) is 5.35. The van der Waals surface area contributed by atoms with Crippen LogP contribution >= 0.6 is 11.3 Å². The first kappa shape index (κ1) is 14.7. The molecule has 1 heterocycles. The van der Waals surface area contributed by atoms with Crippen LogP contribution in [0.25, 0.3) is 0 Å². The Labute approximate surface area is 123 Å². The van der Waals surface area contributed by atoms with Crippen molar-refractivity contribution >= 4 is 22.4 Å². The fourth-order valence-corrected chi connectivity index (χ4v) is 2.57. The smallest absolute Gasteiger partial charge is 0.232 e. The van der Waals surface area contributed by atoms with E-state index in [4.69, 9.17) is 0 Å². The van der Waals surface area contributed by atoms with Crippen LogP contribution in [0, 0.1) is 5.41 Å². The molecule has 0 aliphatic rings. The van der Waals surface area contributed by atoms with Gasteiger partial charge in [0, 0.05) is 5.41 Å². The van der Waals surface area contributed by atoms with Gasteiger partial charge in [0.1, 0.15) is 5.01 Å². The van der Waals surface area contributed by atoms with E-state index in [1.807, 2.05) is 51.1 Å². The Kier molecular flexibility index (Phi) is 4.49. The summed E-state index contributed by atoms with van der Waals surface area (Å²) in [5.41, 5.74) is 0.665. The summed E-state index contributed by atoms with van der Waals surface area (Å²) in [6.07, 6.45) is 1.53. The average molecular weight is 289 g/mol. The first-order valence-electron chi connectivity index (χ1n) is 6.69. The van der Waals surface area contributed by atoms with Gasteiger partial charge in [-0.25, -0.2) is 0 Å². The molecule has 1 aromatic carbocycles. The van der Waals surface area contributed by atoms with Gasteiger partial charge in [0.25, 0.3) is 0 Å². The van der Waals surface area contributed by atoms with Crippen LogP contribution < -0.4 is 5.32 Å². The van der Waals surface area contributed by atoms with E-state index in [2.05, 4.69) is 15.5 Å². The maximum atomic E-state index is 12.4. The molecule has 0 aliphatic carbocycles. The molecule has 106 valence electrons. The van der Waals surface area contributed by atoms with Gasteiger partial charge in [-0.2, -0.15) is 0 Å². The van der Waals surface area contributed by atoms with Crippen LogP contribution in [0.1, 0.15) is 31.3 Å². The summed E-state index contributed by atoms with van der Waals surface area (Å²) in [7, 11) is 0. The van der Waals surface area contributed by atoms with E-state index in [9.17, 15) is 4.79 Å². The molecule has 0 spiro atoms. The van der Waals surface area contributed by atoms with E-state index in [1.165, 1.54) is 11.3 Å². The quantitative estimate of drug-likeness (QED) is 0.918. The van der Waals surface area contributed by atoms with Gasteiger partial charge in [-0.3, -0.25) is 4.79 Å². The normalized spacial score (nSPS) is 11.3. The molecule has 1 aromatic heterocycles. The van der Waals surface area contributed by atoms with Crippen molar-refractivity contribution in [2.45, 2.75) is 33.6 Å². The minimum absolute atomic E-state index is 0.0276. The number of carbonyl (C=O) groups excluding carboxylic acids is 1. The van der Waals surface area contributed by atoms with Gasteiger partial charge >= 0.3 is 0 Å². The zero-order chi connectivity index (χ0) is 14.6. The lowest BCUT2D eigenvalue weighted by Crippen LogP contribution is -2.32. The third-order valence-electron chi connectivity index (χ3n) is 3.09. The van der Waals surface area contributed by atoms with Crippen LogP contribution in [0.4, 0.5) is 5.13 Å². The summed E-state index contributed by atoms with van der Waals surface area (Å²) in [4.78, 5) is 12.4. The van der Waals surface area contributed by atoms with Gasteiger partial charge in [0.2, 0.25) is 11.0 Å². The van der Waals surface area contributed by atoms with Crippen LogP contribution in [0.2, 0.25) is 0 Å². The van der Waals surface area contributed by atoms with E-state index < -0.39 is 5.41 Å². The van der Waals surface area contributed by atoms with Gasteiger partial charge in [-0.1, -0.05) is 62.4 Å². The standard InChI is InChI=1S/C15H19N3OS/c1-4-12-17-18-14(20-12)16-13(19)15(2,3)10-11-8-6-5-7-9-11/h5-9H,4,10H2,1-3H3,(H,16,18,19). The summed E-state index contributed by atoms with van der Waals surface area (Å²) in [5, 5.41) is 12.4. The molecule has 0 saturated heterocycles. The van der Waals surface area contributed by atoms with Crippen LogP contribution in [-0.4, -0.2) is 16.1 Å². The summed E-state index contributed by atoms with van der Waals surface area (Å²) >= 11 is 1.43. The van der Waals surface area contributed by atoms with Gasteiger partial charge in [0.15, 0.2) is 0 Å². The number of carbonyl (C=O) groups is 1. The van der Waals surface area contributed by atoms with Crippen molar-refractivity contribution in [1.82, 2.24) is 10.2 Å². The maximum Gasteiger partial charge on any atom is 0.232 e. The third-order valence-corrected chi connectivity index (χ3v) is 4.08. The highest BCUT2D eigenvalue weighted by Crippen LogP contribution is 2.25. The number of aryl methyl sites for hydroxylation is 1. The monoisotopic (exact) mass is 289 g/mol. The lowest BCUT2D eigenvalue weighted by Gasteiger charge is -2.22. The van der Waals surface area contributed by atoms with Gasteiger partial charge in [0.05, 0.1) is 0 Å². The summed E-state index contributed by atoms with van der Waals surface area (Å²) in [6.45, 7) is 5.90. The number of hydrogen-bond donors (Lipinski definition) is 1. The van der Waals surface area contributed by atoms with Crippen LogP contribution in [0.3, 0.4) is 0 Å². The van der Waals surface area contributed by atoms with Gasteiger partial charge < -0.3 is 5.32 Å². The largest absolute Gasteiger partial charge is 0.300 e. The number of amides is 1. The van der Waals surface area contributed by atoms with E-state index in [0.29, 0.717) is 11.6 Å². The first-order valence-corrected chi connectivity index (χ1v) is 7.50. The first-order chi connectivity index (χ1) is 9.51. The molecule has 0 unspecified atom stereocenters. The Hall–Kier alpha value is -1.75. The lowest BCUT2D eigenvalue weighted by molar-refractivity contribution is -0.123. The average Bonchev–Trinajstić information content (AvgIpc) is 2.87. The molecule has 1 N–H and O–H groups in total. The zero-order valence-electron chi connectivity index (χ0n) is 12.0. The molecule has 0 bridgehead atoms. The van der Waals surface area contributed by atoms with E-state index >= 15 is 0 Å². The van der Waals surface area contributed by atoms with Crippen molar-refractivity contribution in [1.29, 1.82) is 0 Å². The Morgan fingerprint density at radius 1 is 1.25 bits per heavy atom. The molecule has 2 rings (SSSR count). The predicted octanol–water partition coefficient (Wildman–Crippen LogP) is 3.31. The number of hydrogen-bond acceptors (Lipinski definition) is 4. The number of benzene rings is 1. The number of nitrogens with one attached hydrogen (secondary N) is 1.